The number of nitrogens with one attached hydrogen (secondary N) is 1. The van der Waals surface area contributed by atoms with Gasteiger partial charge in [-0.15, -0.1) is 0 Å². The Hall–Kier alpha value is -1.91. The van der Waals surface area contributed by atoms with Gasteiger partial charge in [-0.1, -0.05) is 13.0 Å². The van der Waals surface area contributed by atoms with E-state index in [0.29, 0.717) is 19.5 Å². The standard InChI is InChI=1S/C12H15N3O2/c1-2-9-3-4-10(13-7-9)8-15-6-5-11(16)14-12(15)17/h3-4,7H,2,5-6,8H2,1H3,(H,14,16,17). The van der Waals surface area contributed by atoms with E-state index in [1.807, 2.05) is 18.3 Å². The zero-order chi connectivity index (χ0) is 12.3. The van der Waals surface area contributed by atoms with Crippen molar-refractivity contribution in [2.45, 2.75) is 26.3 Å². The first-order valence-corrected chi connectivity index (χ1v) is 5.71. The molecule has 0 saturated carbocycles. The van der Waals surface area contributed by atoms with Crippen molar-refractivity contribution in [2.75, 3.05) is 6.54 Å². The molecule has 0 bridgehead atoms. The first kappa shape index (κ1) is 11.6. The summed E-state index contributed by atoms with van der Waals surface area (Å²) in [4.78, 5) is 28.4. The second-order valence-electron chi connectivity index (χ2n) is 4.04. The smallest absolute Gasteiger partial charge is 0.318 e. The lowest BCUT2D eigenvalue weighted by Crippen LogP contribution is -2.48. The number of amides is 3. The number of aryl methyl sites for hydroxylation is 1. The van der Waals surface area contributed by atoms with Crippen molar-refractivity contribution in [1.29, 1.82) is 0 Å². The maximum absolute atomic E-state index is 11.5. The summed E-state index contributed by atoms with van der Waals surface area (Å²) in [6.07, 6.45) is 3.13. The lowest BCUT2D eigenvalue weighted by molar-refractivity contribution is -0.121. The van der Waals surface area contributed by atoms with Gasteiger partial charge in [-0.25, -0.2) is 4.79 Å². The van der Waals surface area contributed by atoms with Crippen molar-refractivity contribution in [3.63, 3.8) is 0 Å². The molecule has 0 unspecified atom stereocenters. The minimum Gasteiger partial charge on any atom is -0.318 e. The van der Waals surface area contributed by atoms with Crippen molar-refractivity contribution >= 4 is 11.9 Å². The lowest BCUT2D eigenvalue weighted by atomic mass is 10.2. The molecule has 1 fully saturated rings. The van der Waals surface area contributed by atoms with E-state index in [9.17, 15) is 9.59 Å². The Morgan fingerprint density at radius 3 is 2.82 bits per heavy atom. The molecule has 1 saturated heterocycles. The Labute approximate surface area is 99.8 Å². The Morgan fingerprint density at radius 2 is 2.24 bits per heavy atom. The number of carbonyl (C=O) groups is 2. The van der Waals surface area contributed by atoms with Gasteiger partial charge in [0, 0.05) is 19.2 Å². The third-order valence-electron chi connectivity index (χ3n) is 2.79. The quantitative estimate of drug-likeness (QED) is 0.850. The van der Waals surface area contributed by atoms with E-state index < -0.39 is 0 Å². The summed E-state index contributed by atoms with van der Waals surface area (Å²) >= 11 is 0. The van der Waals surface area contributed by atoms with Gasteiger partial charge >= 0.3 is 6.03 Å². The minimum absolute atomic E-state index is 0.208. The number of aromatic nitrogens is 1. The molecule has 1 aliphatic rings. The van der Waals surface area contributed by atoms with Gasteiger partial charge in [0.05, 0.1) is 12.2 Å². The van der Waals surface area contributed by atoms with E-state index in [2.05, 4.69) is 17.2 Å². The molecule has 0 aromatic carbocycles. The highest BCUT2D eigenvalue weighted by Gasteiger charge is 2.22. The lowest BCUT2D eigenvalue weighted by Gasteiger charge is -2.26. The van der Waals surface area contributed by atoms with Gasteiger partial charge in [-0.2, -0.15) is 0 Å². The molecule has 2 rings (SSSR count). The van der Waals surface area contributed by atoms with E-state index in [1.165, 1.54) is 5.56 Å². The number of hydrogen-bond acceptors (Lipinski definition) is 3. The van der Waals surface area contributed by atoms with Crippen LogP contribution in [0.5, 0.6) is 0 Å². The molecule has 0 spiro atoms. The third-order valence-corrected chi connectivity index (χ3v) is 2.79. The molecule has 5 nitrogen and oxygen atoms in total. The minimum atomic E-state index is -0.331. The van der Waals surface area contributed by atoms with Gasteiger partial charge in [0.1, 0.15) is 0 Å². The molecule has 0 radical (unpaired) electrons. The van der Waals surface area contributed by atoms with Crippen molar-refractivity contribution < 1.29 is 9.59 Å². The molecule has 2 heterocycles. The molecule has 0 atom stereocenters. The number of carbonyl (C=O) groups excluding carboxylic acids is 2. The number of urea groups is 1. The second kappa shape index (κ2) is 4.95. The highest BCUT2D eigenvalue weighted by molar-refractivity contribution is 5.96. The van der Waals surface area contributed by atoms with Crippen LogP contribution in [0.25, 0.3) is 0 Å². The summed E-state index contributed by atoms with van der Waals surface area (Å²) in [5.41, 5.74) is 2.01. The molecule has 3 amide bonds. The largest absolute Gasteiger partial charge is 0.324 e. The number of pyridine rings is 1. The average molecular weight is 233 g/mol. The molecule has 1 aliphatic heterocycles. The molecule has 90 valence electrons. The van der Waals surface area contributed by atoms with Crippen molar-refractivity contribution in [2.24, 2.45) is 0 Å². The fraction of sp³-hybridized carbons (Fsp3) is 0.417. The van der Waals surface area contributed by atoms with Gasteiger partial charge in [0.25, 0.3) is 0 Å². The number of rotatable bonds is 3. The van der Waals surface area contributed by atoms with Crippen LogP contribution in [0.4, 0.5) is 4.79 Å². The molecular weight excluding hydrogens is 218 g/mol. The molecule has 1 aromatic rings. The normalized spacial score (nSPS) is 15.9. The first-order chi connectivity index (χ1) is 8.19. The van der Waals surface area contributed by atoms with Crippen LogP contribution in [0, 0.1) is 0 Å². The van der Waals surface area contributed by atoms with Gasteiger partial charge in [-0.3, -0.25) is 15.1 Å². The monoisotopic (exact) mass is 233 g/mol. The highest BCUT2D eigenvalue weighted by atomic mass is 16.2. The van der Waals surface area contributed by atoms with E-state index in [-0.39, 0.29) is 11.9 Å². The van der Waals surface area contributed by atoms with Crippen LogP contribution in [0.15, 0.2) is 18.3 Å². The van der Waals surface area contributed by atoms with E-state index in [4.69, 9.17) is 0 Å². The van der Waals surface area contributed by atoms with Crippen LogP contribution in [0.2, 0.25) is 0 Å². The number of nitrogens with zero attached hydrogens (tertiary/aromatic N) is 2. The zero-order valence-electron chi connectivity index (χ0n) is 9.77. The van der Waals surface area contributed by atoms with Crippen LogP contribution in [-0.2, 0) is 17.8 Å². The highest BCUT2D eigenvalue weighted by Crippen LogP contribution is 2.08. The average Bonchev–Trinajstić information content (AvgIpc) is 2.34. The Kier molecular flexibility index (Phi) is 3.37. The predicted molar refractivity (Wildman–Crippen MR) is 62.2 cm³/mol. The Bertz CT molecular complexity index is 428. The van der Waals surface area contributed by atoms with Gasteiger partial charge in [-0.05, 0) is 18.1 Å². The third kappa shape index (κ3) is 2.81. The van der Waals surface area contributed by atoms with Crippen LogP contribution >= 0.6 is 0 Å². The summed E-state index contributed by atoms with van der Waals surface area (Å²) in [7, 11) is 0. The number of hydrogen-bond donors (Lipinski definition) is 1. The molecular formula is C12H15N3O2. The fourth-order valence-electron chi connectivity index (χ4n) is 1.70. The second-order valence-corrected chi connectivity index (χ2v) is 4.04. The van der Waals surface area contributed by atoms with Crippen LogP contribution in [0.1, 0.15) is 24.6 Å². The summed E-state index contributed by atoms with van der Waals surface area (Å²) in [5, 5.41) is 2.29. The molecule has 1 N–H and O–H groups in total. The summed E-state index contributed by atoms with van der Waals surface area (Å²) in [6.45, 7) is 2.98. The Morgan fingerprint density at radius 1 is 1.41 bits per heavy atom. The maximum atomic E-state index is 11.5. The first-order valence-electron chi connectivity index (χ1n) is 5.71. The van der Waals surface area contributed by atoms with E-state index in [1.54, 1.807) is 4.90 Å². The summed E-state index contributed by atoms with van der Waals surface area (Å²) in [6, 6.07) is 3.60. The molecule has 0 aliphatic carbocycles. The summed E-state index contributed by atoms with van der Waals surface area (Å²) < 4.78 is 0. The van der Waals surface area contributed by atoms with Crippen molar-refractivity contribution in [1.82, 2.24) is 15.2 Å². The van der Waals surface area contributed by atoms with Crippen molar-refractivity contribution in [3.05, 3.63) is 29.6 Å². The van der Waals surface area contributed by atoms with E-state index in [0.717, 1.165) is 12.1 Å². The van der Waals surface area contributed by atoms with Crippen LogP contribution < -0.4 is 5.32 Å². The number of imide groups is 1. The molecule has 1 aromatic heterocycles. The zero-order valence-corrected chi connectivity index (χ0v) is 9.77. The fourth-order valence-corrected chi connectivity index (χ4v) is 1.70. The van der Waals surface area contributed by atoms with Gasteiger partial charge in [0.15, 0.2) is 0 Å². The van der Waals surface area contributed by atoms with Crippen LogP contribution in [-0.4, -0.2) is 28.4 Å². The SMILES string of the molecule is CCc1ccc(CN2CCC(=O)NC2=O)nc1. The topological polar surface area (TPSA) is 62.3 Å². The Balaban J connectivity index is 2.00. The predicted octanol–water partition coefficient (Wildman–Crippen LogP) is 1.09. The van der Waals surface area contributed by atoms with Crippen LogP contribution in [0.3, 0.4) is 0 Å². The van der Waals surface area contributed by atoms with E-state index >= 15 is 0 Å². The van der Waals surface area contributed by atoms with Gasteiger partial charge in [0.2, 0.25) is 5.91 Å². The van der Waals surface area contributed by atoms with Crippen molar-refractivity contribution in [3.8, 4) is 0 Å². The summed E-state index contributed by atoms with van der Waals surface area (Å²) in [5.74, 6) is -0.208. The molecule has 17 heavy (non-hydrogen) atoms. The molecule has 5 heteroatoms. The van der Waals surface area contributed by atoms with Gasteiger partial charge < -0.3 is 4.90 Å². The maximum Gasteiger partial charge on any atom is 0.324 e.